The summed E-state index contributed by atoms with van der Waals surface area (Å²) in [5, 5.41) is 5.77. The van der Waals surface area contributed by atoms with Crippen LogP contribution < -0.4 is 0 Å². The number of benzene rings is 6. The van der Waals surface area contributed by atoms with Gasteiger partial charge in [0.05, 0.1) is 27.5 Å². The lowest BCUT2D eigenvalue weighted by Gasteiger charge is -2.09. The van der Waals surface area contributed by atoms with E-state index >= 15 is 0 Å². The number of aromatic nitrogens is 3. The van der Waals surface area contributed by atoms with Gasteiger partial charge in [-0.1, -0.05) is 72.8 Å². The quantitative estimate of drug-likeness (QED) is 0.232. The highest BCUT2D eigenvalue weighted by molar-refractivity contribution is 6.18. The van der Waals surface area contributed by atoms with Gasteiger partial charge in [-0.25, -0.2) is 9.97 Å². The first-order valence-corrected chi connectivity index (χ1v) is 13.4. The SMILES string of the molecule is c1ccc(-n2c3ccccc3c3cc(-c4ccc5c(ccc6oc7nc8ccccc8nc7c65)c4)ccc32)cc1. The standard InChI is InChI=1S/C36H21N3O/c1-2-8-25(9-3-1)39-31-13-7-4-10-27(31)28-21-23(15-18-32(28)39)22-14-17-26-24(20-22)16-19-33-34(26)35-36(40-33)38-30-12-6-5-11-29(30)37-35/h1-21H. The Morgan fingerprint density at radius 1 is 0.525 bits per heavy atom. The van der Waals surface area contributed by atoms with Gasteiger partial charge in [-0.15, -0.1) is 0 Å². The molecule has 3 aromatic heterocycles. The molecule has 0 saturated carbocycles. The largest absolute Gasteiger partial charge is 0.436 e. The normalized spacial score (nSPS) is 12.0. The van der Waals surface area contributed by atoms with Crippen molar-refractivity contribution in [2.45, 2.75) is 0 Å². The lowest BCUT2D eigenvalue weighted by atomic mass is 9.98. The fourth-order valence-electron chi connectivity index (χ4n) is 6.15. The molecule has 3 heterocycles. The average Bonchev–Trinajstić information content (AvgIpc) is 3.55. The van der Waals surface area contributed by atoms with E-state index in [0.717, 1.165) is 38.3 Å². The molecule has 0 fully saturated rings. The molecule has 0 amide bonds. The van der Waals surface area contributed by atoms with Crippen LogP contribution in [0.1, 0.15) is 0 Å². The van der Waals surface area contributed by atoms with Crippen LogP contribution in [0.4, 0.5) is 0 Å². The van der Waals surface area contributed by atoms with E-state index in [1.807, 2.05) is 30.3 Å². The molecule has 0 aliphatic carbocycles. The lowest BCUT2D eigenvalue weighted by Crippen LogP contribution is -1.92. The topological polar surface area (TPSA) is 43.9 Å². The van der Waals surface area contributed by atoms with Crippen LogP contribution in [0.3, 0.4) is 0 Å². The molecule has 4 nitrogen and oxygen atoms in total. The van der Waals surface area contributed by atoms with Crippen molar-refractivity contribution in [2.24, 2.45) is 0 Å². The summed E-state index contributed by atoms with van der Waals surface area (Å²) in [5.41, 5.74) is 9.84. The van der Waals surface area contributed by atoms with Crippen molar-refractivity contribution in [2.75, 3.05) is 0 Å². The first-order chi connectivity index (χ1) is 19.8. The second-order valence-corrected chi connectivity index (χ2v) is 10.3. The Kier molecular flexibility index (Phi) is 4.30. The molecular weight excluding hydrogens is 490 g/mol. The van der Waals surface area contributed by atoms with Gasteiger partial charge in [-0.3, -0.25) is 0 Å². The Morgan fingerprint density at radius 3 is 2.15 bits per heavy atom. The highest BCUT2D eigenvalue weighted by atomic mass is 16.3. The molecule has 40 heavy (non-hydrogen) atoms. The summed E-state index contributed by atoms with van der Waals surface area (Å²) < 4.78 is 8.48. The van der Waals surface area contributed by atoms with Gasteiger partial charge in [0.15, 0.2) is 0 Å². The number of para-hydroxylation sites is 4. The predicted octanol–water partition coefficient (Wildman–Crippen LogP) is 9.45. The van der Waals surface area contributed by atoms with Gasteiger partial charge in [0.2, 0.25) is 5.71 Å². The molecule has 0 atom stereocenters. The van der Waals surface area contributed by atoms with Crippen LogP contribution >= 0.6 is 0 Å². The summed E-state index contributed by atoms with van der Waals surface area (Å²) >= 11 is 0. The zero-order valence-corrected chi connectivity index (χ0v) is 21.4. The number of hydrogen-bond donors (Lipinski definition) is 0. The summed E-state index contributed by atoms with van der Waals surface area (Å²) in [6.07, 6.45) is 0. The second kappa shape index (κ2) is 8.01. The van der Waals surface area contributed by atoms with Crippen molar-refractivity contribution >= 4 is 65.8 Å². The Labute approximate surface area is 228 Å². The Bertz CT molecular complexity index is 2430. The van der Waals surface area contributed by atoms with Crippen molar-refractivity contribution in [1.82, 2.24) is 14.5 Å². The van der Waals surface area contributed by atoms with Crippen LogP contribution in [0.25, 0.3) is 82.6 Å². The summed E-state index contributed by atoms with van der Waals surface area (Å²) in [6.45, 7) is 0. The maximum absolute atomic E-state index is 6.14. The predicted molar refractivity (Wildman–Crippen MR) is 164 cm³/mol. The number of furan rings is 1. The van der Waals surface area contributed by atoms with Gasteiger partial charge in [0.25, 0.3) is 0 Å². The third-order valence-electron chi connectivity index (χ3n) is 7.98. The van der Waals surface area contributed by atoms with Crippen molar-refractivity contribution in [3.8, 4) is 16.8 Å². The zero-order valence-electron chi connectivity index (χ0n) is 21.4. The average molecular weight is 512 g/mol. The minimum atomic E-state index is 0.575. The number of rotatable bonds is 2. The Hall–Kier alpha value is -5.48. The van der Waals surface area contributed by atoms with E-state index in [0.29, 0.717) is 5.71 Å². The van der Waals surface area contributed by atoms with E-state index in [1.54, 1.807) is 0 Å². The molecule has 0 saturated heterocycles. The lowest BCUT2D eigenvalue weighted by molar-refractivity contribution is 0.655. The molecule has 186 valence electrons. The van der Waals surface area contributed by atoms with Crippen LogP contribution in [0, 0.1) is 0 Å². The molecule has 0 N–H and O–H groups in total. The summed E-state index contributed by atoms with van der Waals surface area (Å²) in [6, 6.07) is 44.7. The minimum Gasteiger partial charge on any atom is -0.436 e. The first kappa shape index (κ1) is 21.5. The molecule has 0 bridgehead atoms. The fourth-order valence-corrected chi connectivity index (χ4v) is 6.15. The molecule has 9 rings (SSSR count). The minimum absolute atomic E-state index is 0.575. The molecule has 0 aliphatic heterocycles. The third-order valence-corrected chi connectivity index (χ3v) is 7.98. The van der Waals surface area contributed by atoms with Gasteiger partial charge in [0.1, 0.15) is 11.1 Å². The van der Waals surface area contributed by atoms with Gasteiger partial charge < -0.3 is 8.98 Å². The molecule has 9 aromatic rings. The molecule has 6 aromatic carbocycles. The maximum atomic E-state index is 6.14. The van der Waals surface area contributed by atoms with E-state index < -0.39 is 0 Å². The zero-order chi connectivity index (χ0) is 26.2. The summed E-state index contributed by atoms with van der Waals surface area (Å²) in [7, 11) is 0. The number of hydrogen-bond acceptors (Lipinski definition) is 3. The van der Waals surface area contributed by atoms with Gasteiger partial charge in [0, 0.05) is 16.5 Å². The number of nitrogens with zero attached hydrogens (tertiary/aromatic N) is 3. The highest BCUT2D eigenvalue weighted by Crippen LogP contribution is 2.38. The highest BCUT2D eigenvalue weighted by Gasteiger charge is 2.16. The molecule has 0 unspecified atom stereocenters. The molecule has 0 spiro atoms. The fraction of sp³-hybridized carbons (Fsp3) is 0. The monoisotopic (exact) mass is 511 g/mol. The van der Waals surface area contributed by atoms with Crippen LogP contribution in [0.15, 0.2) is 132 Å². The van der Waals surface area contributed by atoms with Gasteiger partial charge >= 0.3 is 0 Å². The van der Waals surface area contributed by atoms with Crippen molar-refractivity contribution in [3.63, 3.8) is 0 Å². The second-order valence-electron chi connectivity index (χ2n) is 10.3. The number of fused-ring (bicyclic) bond motifs is 9. The van der Waals surface area contributed by atoms with E-state index in [9.17, 15) is 0 Å². The smallest absolute Gasteiger partial charge is 0.246 e. The maximum Gasteiger partial charge on any atom is 0.246 e. The van der Waals surface area contributed by atoms with E-state index in [1.165, 1.54) is 38.6 Å². The van der Waals surface area contributed by atoms with Crippen LogP contribution in [0.5, 0.6) is 0 Å². The third kappa shape index (κ3) is 3.01. The van der Waals surface area contributed by atoms with Gasteiger partial charge in [-0.05, 0) is 76.5 Å². The van der Waals surface area contributed by atoms with Crippen molar-refractivity contribution in [1.29, 1.82) is 0 Å². The Balaban J connectivity index is 1.25. The molecule has 4 heteroatoms. The molecular formula is C36H21N3O. The van der Waals surface area contributed by atoms with Crippen LogP contribution in [-0.4, -0.2) is 14.5 Å². The Morgan fingerprint density at radius 2 is 1.25 bits per heavy atom. The van der Waals surface area contributed by atoms with Crippen molar-refractivity contribution < 1.29 is 4.42 Å². The van der Waals surface area contributed by atoms with Crippen LogP contribution in [0.2, 0.25) is 0 Å². The molecule has 0 radical (unpaired) electrons. The first-order valence-electron chi connectivity index (χ1n) is 13.4. The van der Waals surface area contributed by atoms with Gasteiger partial charge in [-0.2, -0.15) is 0 Å². The summed E-state index contributed by atoms with van der Waals surface area (Å²) in [5.74, 6) is 0. The molecule has 0 aliphatic rings. The van der Waals surface area contributed by atoms with E-state index in [4.69, 9.17) is 14.4 Å². The summed E-state index contributed by atoms with van der Waals surface area (Å²) in [4.78, 5) is 9.66. The van der Waals surface area contributed by atoms with E-state index in [-0.39, 0.29) is 0 Å². The van der Waals surface area contributed by atoms with Crippen molar-refractivity contribution in [3.05, 3.63) is 127 Å². The van der Waals surface area contributed by atoms with Crippen LogP contribution in [-0.2, 0) is 0 Å². The van der Waals surface area contributed by atoms with E-state index in [2.05, 4.69) is 102 Å².